The molecule has 0 atom stereocenters. The fourth-order valence-electron chi connectivity index (χ4n) is 5.69. The summed E-state index contributed by atoms with van der Waals surface area (Å²) in [5, 5.41) is 0.733. The van der Waals surface area contributed by atoms with Crippen LogP contribution in [-0.4, -0.2) is 89.8 Å². The minimum atomic E-state index is -1.79. The van der Waals surface area contributed by atoms with Crippen LogP contribution in [0, 0.1) is 17.5 Å². The molecule has 2 fully saturated rings. The summed E-state index contributed by atoms with van der Waals surface area (Å²) >= 11 is 0. The van der Waals surface area contributed by atoms with Gasteiger partial charge >= 0.3 is 6.03 Å². The zero-order chi connectivity index (χ0) is 31.1. The number of Topliss-reactive ketones (excluding diaryl/α,β-unsaturated/α-hetero) is 1. The minimum Gasteiger partial charge on any atom is -0.493 e. The molecule has 0 spiro atoms. The van der Waals surface area contributed by atoms with Crippen LogP contribution in [0.15, 0.2) is 36.5 Å². The number of pyridine rings is 1. The number of likely N-dealkylation sites (N-methyl/N-ethyl adjacent to an activating group) is 1. The number of hydrogen-bond acceptors (Lipinski definition) is 7. The number of hydrogen-bond donors (Lipinski definition) is 0. The molecule has 0 saturated carbocycles. The molecule has 0 unspecified atom stereocenters. The van der Waals surface area contributed by atoms with E-state index in [1.54, 1.807) is 24.4 Å². The number of para-hydroxylation sites is 1. The van der Waals surface area contributed by atoms with Crippen molar-refractivity contribution >= 4 is 34.3 Å². The largest absolute Gasteiger partial charge is 0.493 e. The Hall–Kier alpha value is -4.03. The molecule has 3 heterocycles. The van der Waals surface area contributed by atoms with E-state index in [2.05, 4.69) is 14.8 Å². The van der Waals surface area contributed by atoms with E-state index in [1.165, 1.54) is 13.8 Å². The predicted molar refractivity (Wildman–Crippen MR) is 155 cm³/mol. The van der Waals surface area contributed by atoms with Gasteiger partial charge in [-0.25, -0.2) is 18.5 Å². The Balaban J connectivity index is 1.47. The molecule has 1 aromatic heterocycles. The van der Waals surface area contributed by atoms with E-state index < -0.39 is 57.7 Å². The first-order valence-electron chi connectivity index (χ1n) is 14.1. The number of rotatable bonds is 9. The molecule has 0 N–H and O–H groups in total. The fraction of sp³-hybridized carbons (Fsp3) is 0.419. The maximum absolute atomic E-state index is 16.2. The van der Waals surface area contributed by atoms with Crippen LogP contribution in [-0.2, 0) is 11.3 Å². The van der Waals surface area contributed by atoms with Crippen molar-refractivity contribution in [1.82, 2.24) is 19.7 Å². The van der Waals surface area contributed by atoms with E-state index in [1.807, 2.05) is 19.2 Å². The van der Waals surface area contributed by atoms with Crippen LogP contribution in [0.1, 0.15) is 42.6 Å². The molecule has 3 aromatic rings. The second-order valence-electron chi connectivity index (χ2n) is 11.4. The van der Waals surface area contributed by atoms with Crippen LogP contribution in [0.4, 0.5) is 23.7 Å². The maximum Gasteiger partial charge on any atom is 0.332 e. The van der Waals surface area contributed by atoms with Crippen LogP contribution < -0.4 is 9.64 Å². The number of carbonyl (C=O) groups excluding carboxylic acids is 3. The van der Waals surface area contributed by atoms with Crippen molar-refractivity contribution in [2.75, 3.05) is 51.8 Å². The summed E-state index contributed by atoms with van der Waals surface area (Å²) < 4.78 is 51.9. The summed E-state index contributed by atoms with van der Waals surface area (Å²) in [6.45, 7) is 6.76. The summed E-state index contributed by atoms with van der Waals surface area (Å²) in [5.41, 5.74) is -2.29. The van der Waals surface area contributed by atoms with Crippen molar-refractivity contribution in [3.05, 3.63) is 65.1 Å². The summed E-state index contributed by atoms with van der Waals surface area (Å²) in [6, 6.07) is 7.85. The number of piperazine rings is 1. The zero-order valence-corrected chi connectivity index (χ0v) is 24.6. The number of anilines is 1. The van der Waals surface area contributed by atoms with Gasteiger partial charge in [0.1, 0.15) is 16.8 Å². The van der Waals surface area contributed by atoms with Crippen LogP contribution in [0.3, 0.4) is 0 Å². The summed E-state index contributed by atoms with van der Waals surface area (Å²) in [6.07, 6.45) is 1.74. The summed E-state index contributed by atoms with van der Waals surface area (Å²) in [5.74, 6) is -7.65. The number of carbonyl (C=O) groups is 3. The van der Waals surface area contributed by atoms with Gasteiger partial charge in [-0.3, -0.25) is 14.6 Å². The van der Waals surface area contributed by atoms with Gasteiger partial charge in [0.05, 0.1) is 12.6 Å². The van der Waals surface area contributed by atoms with E-state index in [0.29, 0.717) is 24.0 Å². The lowest BCUT2D eigenvalue weighted by Crippen LogP contribution is -2.44. The normalized spacial score (nSPS) is 17.7. The standard InChI is InChI=1S/C31H34F3N5O4/c1-31(2)29(41)39(30(42)38(31)18-19-11-12-35-21-9-6-5-8-20(19)21)27-24(32)23(28(43-4)26(34)25(27)33)22(40)10-7-13-37-16-14-36(3)15-17-37/h5-6,8-9,11-12H,7,10,13-18H2,1-4H3. The molecule has 9 nitrogen and oxygen atoms in total. The quantitative estimate of drug-likeness (QED) is 0.202. The fourth-order valence-corrected chi connectivity index (χ4v) is 5.69. The molecule has 2 aliphatic rings. The molecule has 43 heavy (non-hydrogen) atoms. The SMILES string of the molecule is COc1c(F)c(F)c(N2C(=O)N(Cc3ccnc4ccccc34)C(C)(C)C2=O)c(F)c1C(=O)CCCN1CCN(C)CC1. The van der Waals surface area contributed by atoms with E-state index in [0.717, 1.165) is 43.6 Å². The first kappa shape index (κ1) is 30.4. The molecule has 0 bridgehead atoms. The van der Waals surface area contributed by atoms with E-state index in [9.17, 15) is 14.4 Å². The molecule has 2 aliphatic heterocycles. The highest BCUT2D eigenvalue weighted by Gasteiger charge is 2.54. The highest BCUT2D eigenvalue weighted by molar-refractivity contribution is 6.23. The number of fused-ring (bicyclic) bond motifs is 1. The summed E-state index contributed by atoms with van der Waals surface area (Å²) in [7, 11) is 3.02. The second-order valence-corrected chi connectivity index (χ2v) is 11.4. The third kappa shape index (κ3) is 5.45. The smallest absolute Gasteiger partial charge is 0.332 e. The average Bonchev–Trinajstić information content (AvgIpc) is 3.15. The van der Waals surface area contributed by atoms with Gasteiger partial charge in [-0.2, -0.15) is 4.39 Å². The Morgan fingerprint density at radius 2 is 1.70 bits per heavy atom. The Morgan fingerprint density at radius 3 is 2.40 bits per heavy atom. The first-order valence-corrected chi connectivity index (χ1v) is 14.1. The van der Waals surface area contributed by atoms with Crippen LogP contribution in [0.5, 0.6) is 5.75 Å². The first-order chi connectivity index (χ1) is 20.5. The average molecular weight is 598 g/mol. The van der Waals surface area contributed by atoms with Crippen molar-refractivity contribution in [2.45, 2.75) is 38.8 Å². The molecular weight excluding hydrogens is 563 g/mol. The zero-order valence-electron chi connectivity index (χ0n) is 24.6. The monoisotopic (exact) mass is 597 g/mol. The number of halogens is 3. The van der Waals surface area contributed by atoms with E-state index >= 15 is 13.2 Å². The number of amides is 3. The van der Waals surface area contributed by atoms with Crippen molar-refractivity contribution in [3.8, 4) is 5.75 Å². The van der Waals surface area contributed by atoms with Gasteiger partial charge in [-0.05, 0) is 51.6 Å². The van der Waals surface area contributed by atoms with E-state index in [-0.39, 0.29) is 17.9 Å². The van der Waals surface area contributed by atoms with Gasteiger partial charge in [0, 0.05) is 50.7 Å². The second kappa shape index (κ2) is 11.9. The van der Waals surface area contributed by atoms with Crippen molar-refractivity contribution in [2.24, 2.45) is 0 Å². The Kier molecular flexibility index (Phi) is 8.44. The van der Waals surface area contributed by atoms with Gasteiger partial charge in [0.2, 0.25) is 5.82 Å². The Bertz CT molecular complexity index is 1580. The Labute approximate surface area is 247 Å². The van der Waals surface area contributed by atoms with Gasteiger partial charge in [-0.1, -0.05) is 18.2 Å². The van der Waals surface area contributed by atoms with Crippen molar-refractivity contribution in [3.63, 3.8) is 0 Å². The Morgan fingerprint density at radius 1 is 1.00 bits per heavy atom. The van der Waals surface area contributed by atoms with Crippen molar-refractivity contribution < 1.29 is 32.3 Å². The predicted octanol–water partition coefficient (Wildman–Crippen LogP) is 4.62. The molecule has 2 aromatic carbocycles. The van der Waals surface area contributed by atoms with Gasteiger partial charge in [-0.15, -0.1) is 0 Å². The molecular formula is C31H34F3N5O4. The molecule has 0 radical (unpaired) electrons. The van der Waals surface area contributed by atoms with Gasteiger partial charge in [0.15, 0.2) is 23.2 Å². The van der Waals surface area contributed by atoms with Crippen LogP contribution in [0.25, 0.3) is 10.9 Å². The highest BCUT2D eigenvalue weighted by Crippen LogP contribution is 2.41. The number of ketones is 1. The molecule has 0 aliphatic carbocycles. The molecule has 5 rings (SSSR count). The minimum absolute atomic E-state index is 0.0862. The van der Waals surface area contributed by atoms with Crippen LogP contribution >= 0.6 is 0 Å². The maximum atomic E-state index is 16.2. The number of benzene rings is 2. The van der Waals surface area contributed by atoms with E-state index in [4.69, 9.17) is 4.74 Å². The summed E-state index contributed by atoms with van der Waals surface area (Å²) in [4.78, 5) is 50.7. The number of urea groups is 1. The number of aromatic nitrogens is 1. The number of imide groups is 1. The topological polar surface area (TPSA) is 86.3 Å². The lowest BCUT2D eigenvalue weighted by molar-refractivity contribution is -0.123. The lowest BCUT2D eigenvalue weighted by Gasteiger charge is -2.32. The highest BCUT2D eigenvalue weighted by atomic mass is 19.2. The van der Waals surface area contributed by atoms with Gasteiger partial charge < -0.3 is 19.4 Å². The lowest BCUT2D eigenvalue weighted by atomic mass is 10.0. The van der Waals surface area contributed by atoms with Crippen LogP contribution in [0.2, 0.25) is 0 Å². The molecule has 228 valence electrons. The third-order valence-corrected chi connectivity index (χ3v) is 8.33. The molecule has 2 saturated heterocycles. The molecule has 12 heteroatoms. The number of methoxy groups -OCH3 is 1. The number of ether oxygens (including phenoxy) is 1. The van der Waals surface area contributed by atoms with Gasteiger partial charge in [0.25, 0.3) is 5.91 Å². The molecule has 3 amide bonds. The van der Waals surface area contributed by atoms with Crippen molar-refractivity contribution in [1.29, 1.82) is 0 Å². The third-order valence-electron chi connectivity index (χ3n) is 8.33. The number of nitrogens with zero attached hydrogens (tertiary/aromatic N) is 5.